The van der Waals surface area contributed by atoms with Gasteiger partial charge in [0.25, 0.3) is 0 Å². The van der Waals surface area contributed by atoms with E-state index in [9.17, 15) is 0 Å². The zero-order chi connectivity index (χ0) is 11.7. The Balaban J connectivity index is 2.58. The van der Waals surface area contributed by atoms with Gasteiger partial charge in [-0.25, -0.2) is 0 Å². The molecule has 0 fully saturated rings. The van der Waals surface area contributed by atoms with E-state index in [-0.39, 0.29) is 0 Å². The summed E-state index contributed by atoms with van der Waals surface area (Å²) in [6.45, 7) is 1.98. The third kappa shape index (κ3) is 2.01. The second-order valence-corrected chi connectivity index (χ2v) is 4.26. The van der Waals surface area contributed by atoms with Crippen molar-refractivity contribution in [3.05, 3.63) is 33.8 Å². The maximum atomic E-state index is 5.93. The van der Waals surface area contributed by atoms with Gasteiger partial charge < -0.3 is 10.3 Å². The molecule has 0 aliphatic heterocycles. The molecule has 2 rings (SSSR count). The topological polar surface area (TPSA) is 52.0 Å². The minimum Gasteiger partial charge on any atom is -0.367 e. The zero-order valence-corrected chi connectivity index (χ0v) is 10.1. The number of anilines is 1. The van der Waals surface area contributed by atoms with Gasteiger partial charge >= 0.3 is 0 Å². The van der Waals surface area contributed by atoms with Gasteiger partial charge in [0.15, 0.2) is 0 Å². The Kier molecular flexibility index (Phi) is 3.08. The number of nitrogen functional groups attached to an aromatic ring is 1. The number of hydrogen-bond donors (Lipinski definition) is 1. The van der Waals surface area contributed by atoms with Crippen LogP contribution >= 0.6 is 23.2 Å². The first kappa shape index (κ1) is 11.3. The third-order valence-electron chi connectivity index (χ3n) is 2.31. The number of hydrogen-bond acceptors (Lipinski definition) is 3. The molecule has 0 atom stereocenters. The normalized spacial score (nSPS) is 10.7. The molecular formula is C11H10Cl2N2O. The molecule has 0 saturated heterocycles. The molecule has 0 aliphatic carbocycles. The van der Waals surface area contributed by atoms with Crippen molar-refractivity contribution in [3.8, 4) is 11.3 Å². The Bertz CT molecular complexity index is 502. The first-order chi connectivity index (χ1) is 7.61. The summed E-state index contributed by atoms with van der Waals surface area (Å²) in [6, 6.07) is 5.23. The summed E-state index contributed by atoms with van der Waals surface area (Å²) in [4.78, 5) is 0. The summed E-state index contributed by atoms with van der Waals surface area (Å²) in [6.07, 6.45) is 0.745. The molecule has 0 saturated carbocycles. The Labute approximate surface area is 103 Å². The Morgan fingerprint density at radius 2 is 1.88 bits per heavy atom. The number of nitrogens with zero attached hydrogens (tertiary/aromatic N) is 1. The van der Waals surface area contributed by atoms with E-state index >= 15 is 0 Å². The van der Waals surface area contributed by atoms with Gasteiger partial charge in [-0.15, -0.1) is 0 Å². The van der Waals surface area contributed by atoms with Gasteiger partial charge in [-0.2, -0.15) is 0 Å². The summed E-state index contributed by atoms with van der Waals surface area (Å²) >= 11 is 11.9. The van der Waals surface area contributed by atoms with E-state index in [1.165, 1.54) is 0 Å². The monoisotopic (exact) mass is 256 g/mol. The molecule has 1 aromatic carbocycles. The van der Waals surface area contributed by atoms with Gasteiger partial charge in [-0.1, -0.05) is 35.3 Å². The van der Waals surface area contributed by atoms with E-state index in [4.69, 9.17) is 33.5 Å². The van der Waals surface area contributed by atoms with Crippen molar-refractivity contribution in [2.45, 2.75) is 13.3 Å². The van der Waals surface area contributed by atoms with Crippen LogP contribution in [0.3, 0.4) is 0 Å². The molecule has 1 heterocycles. The van der Waals surface area contributed by atoms with Crippen molar-refractivity contribution in [2.24, 2.45) is 0 Å². The summed E-state index contributed by atoms with van der Waals surface area (Å²) in [5.41, 5.74) is 8.06. The summed E-state index contributed by atoms with van der Waals surface area (Å²) in [7, 11) is 0. The highest BCUT2D eigenvalue weighted by atomic mass is 35.5. The second kappa shape index (κ2) is 4.36. The van der Waals surface area contributed by atoms with Gasteiger partial charge in [0.1, 0.15) is 5.69 Å². The lowest BCUT2D eigenvalue weighted by atomic mass is 10.1. The fourth-order valence-corrected chi connectivity index (χ4v) is 2.11. The van der Waals surface area contributed by atoms with Crippen LogP contribution in [0.1, 0.15) is 12.5 Å². The summed E-state index contributed by atoms with van der Waals surface area (Å²) in [5.74, 6) is 0.341. The minimum absolute atomic E-state index is 0.341. The number of nitrogens with two attached hydrogens (primary N) is 1. The molecule has 16 heavy (non-hydrogen) atoms. The predicted molar refractivity (Wildman–Crippen MR) is 65.7 cm³/mol. The Hall–Kier alpha value is -1.19. The summed E-state index contributed by atoms with van der Waals surface area (Å²) in [5, 5.41) is 5.04. The Morgan fingerprint density at radius 1 is 1.25 bits per heavy atom. The average molecular weight is 257 g/mol. The van der Waals surface area contributed by atoms with Crippen molar-refractivity contribution in [1.29, 1.82) is 0 Å². The highest BCUT2D eigenvalue weighted by Crippen LogP contribution is 2.31. The van der Waals surface area contributed by atoms with E-state index in [0.717, 1.165) is 17.5 Å². The van der Waals surface area contributed by atoms with Crippen molar-refractivity contribution in [2.75, 3.05) is 5.73 Å². The highest BCUT2D eigenvalue weighted by Gasteiger charge is 2.14. The summed E-state index contributed by atoms with van der Waals surface area (Å²) < 4.78 is 4.96. The predicted octanol–water partition coefficient (Wildman–Crippen LogP) is 3.79. The van der Waals surface area contributed by atoms with E-state index in [0.29, 0.717) is 21.6 Å². The van der Waals surface area contributed by atoms with Gasteiger partial charge in [0.05, 0.1) is 0 Å². The molecule has 0 bridgehead atoms. The van der Waals surface area contributed by atoms with E-state index in [1.807, 2.05) is 6.92 Å². The SMILES string of the molecule is CCc1c(-c2cc(Cl)cc(Cl)c2)noc1N. The second-order valence-electron chi connectivity index (χ2n) is 3.39. The van der Waals surface area contributed by atoms with Gasteiger partial charge in [0, 0.05) is 21.2 Å². The van der Waals surface area contributed by atoms with Crippen LogP contribution in [0.25, 0.3) is 11.3 Å². The van der Waals surface area contributed by atoms with E-state index in [1.54, 1.807) is 18.2 Å². The highest BCUT2D eigenvalue weighted by molar-refractivity contribution is 6.35. The molecule has 5 heteroatoms. The van der Waals surface area contributed by atoms with Gasteiger partial charge in [0.2, 0.25) is 5.88 Å². The van der Waals surface area contributed by atoms with Crippen LogP contribution in [0.15, 0.2) is 22.7 Å². The Morgan fingerprint density at radius 3 is 2.44 bits per heavy atom. The van der Waals surface area contributed by atoms with E-state index in [2.05, 4.69) is 5.16 Å². The molecule has 1 aromatic heterocycles. The molecule has 0 radical (unpaired) electrons. The lowest BCUT2D eigenvalue weighted by Gasteiger charge is -2.01. The van der Waals surface area contributed by atoms with Crippen molar-refractivity contribution >= 4 is 29.1 Å². The quantitative estimate of drug-likeness (QED) is 0.890. The minimum atomic E-state index is 0.341. The van der Waals surface area contributed by atoms with Crippen LogP contribution in [0, 0.1) is 0 Å². The molecule has 0 unspecified atom stereocenters. The van der Waals surface area contributed by atoms with Crippen molar-refractivity contribution in [3.63, 3.8) is 0 Å². The lowest BCUT2D eigenvalue weighted by molar-refractivity contribution is 0.438. The van der Waals surface area contributed by atoms with Crippen LogP contribution in [0.2, 0.25) is 10.0 Å². The fourth-order valence-electron chi connectivity index (χ4n) is 1.58. The lowest BCUT2D eigenvalue weighted by Crippen LogP contribution is -1.90. The number of halogens is 2. The smallest absolute Gasteiger partial charge is 0.225 e. The maximum absolute atomic E-state index is 5.93. The first-order valence-electron chi connectivity index (χ1n) is 4.82. The van der Waals surface area contributed by atoms with E-state index < -0.39 is 0 Å². The van der Waals surface area contributed by atoms with Crippen LogP contribution in [-0.4, -0.2) is 5.16 Å². The standard InChI is InChI=1S/C11H10Cl2N2O/c1-2-9-10(15-16-11(9)14)6-3-7(12)5-8(13)4-6/h3-5H,2,14H2,1H3. The first-order valence-corrected chi connectivity index (χ1v) is 5.58. The molecule has 0 aliphatic rings. The van der Waals surface area contributed by atoms with Crippen molar-refractivity contribution < 1.29 is 4.52 Å². The third-order valence-corrected chi connectivity index (χ3v) is 2.74. The largest absolute Gasteiger partial charge is 0.367 e. The average Bonchev–Trinajstić information content (AvgIpc) is 2.58. The number of rotatable bonds is 2. The molecular weight excluding hydrogens is 247 g/mol. The molecule has 0 amide bonds. The van der Waals surface area contributed by atoms with Gasteiger partial charge in [-0.3, -0.25) is 0 Å². The van der Waals surface area contributed by atoms with Crippen LogP contribution in [0.4, 0.5) is 5.88 Å². The van der Waals surface area contributed by atoms with Crippen molar-refractivity contribution in [1.82, 2.24) is 5.16 Å². The number of aromatic nitrogens is 1. The molecule has 2 N–H and O–H groups in total. The fraction of sp³-hybridized carbons (Fsp3) is 0.182. The maximum Gasteiger partial charge on any atom is 0.225 e. The van der Waals surface area contributed by atoms with Gasteiger partial charge in [-0.05, 0) is 24.6 Å². The zero-order valence-electron chi connectivity index (χ0n) is 8.63. The number of benzene rings is 1. The molecule has 3 nitrogen and oxygen atoms in total. The van der Waals surface area contributed by atoms with Crippen LogP contribution in [-0.2, 0) is 6.42 Å². The molecule has 2 aromatic rings. The van der Waals surface area contributed by atoms with Crippen LogP contribution in [0.5, 0.6) is 0 Å². The van der Waals surface area contributed by atoms with Crippen LogP contribution < -0.4 is 5.73 Å². The molecule has 0 spiro atoms. The molecule has 84 valence electrons.